The number of nitrogens with zero attached hydrogens (tertiary/aromatic N) is 3. The number of aliphatic hydroxyl groups is 1. The number of aromatic nitrogens is 2. The number of aliphatic hydroxyl groups excluding tert-OH is 1. The molecule has 1 amide bonds. The van der Waals surface area contributed by atoms with E-state index in [4.69, 9.17) is 9.15 Å². The van der Waals surface area contributed by atoms with Crippen LogP contribution in [0.2, 0.25) is 0 Å². The van der Waals surface area contributed by atoms with Crippen molar-refractivity contribution in [2.75, 3.05) is 25.0 Å². The van der Waals surface area contributed by atoms with E-state index >= 15 is 0 Å². The maximum atomic E-state index is 12.7. The monoisotopic (exact) mass is 537 g/mol. The van der Waals surface area contributed by atoms with Crippen molar-refractivity contribution in [1.29, 1.82) is 0 Å². The summed E-state index contributed by atoms with van der Waals surface area (Å²) in [6, 6.07) is 7.61. The molecule has 2 bridgehead atoms. The van der Waals surface area contributed by atoms with E-state index < -0.39 is 6.10 Å². The lowest BCUT2D eigenvalue weighted by molar-refractivity contribution is 0.00180. The Morgan fingerprint density at radius 3 is 2.89 bits per heavy atom. The lowest BCUT2D eigenvalue weighted by Gasteiger charge is -2.62. The minimum atomic E-state index is -0.656. The Morgan fingerprint density at radius 2 is 2.16 bits per heavy atom. The highest BCUT2D eigenvalue weighted by atomic mass is 32.1. The predicted octanol–water partition coefficient (Wildman–Crippen LogP) is 3.18. The summed E-state index contributed by atoms with van der Waals surface area (Å²) in [6.45, 7) is 4.73. The Bertz CT molecular complexity index is 1270. The largest absolute Gasteiger partial charge is 0.485 e. The molecule has 0 saturated heterocycles. The van der Waals surface area contributed by atoms with Crippen molar-refractivity contribution in [2.45, 2.75) is 57.4 Å². The second-order valence-corrected chi connectivity index (χ2v) is 10.7. The number of hydrogen-bond donors (Lipinski definition) is 3. The fourth-order valence-electron chi connectivity index (χ4n) is 5.87. The zero-order valence-electron chi connectivity index (χ0n) is 21.6. The molecule has 4 aliphatic rings. The van der Waals surface area contributed by atoms with Gasteiger partial charge in [0.25, 0.3) is 5.91 Å². The molecule has 1 aromatic carbocycles. The molecule has 3 saturated carbocycles. The zero-order chi connectivity index (χ0) is 25.4. The number of β-amino-alcohol motifs (C(OH)–C–C–N with tert-alkyl or cyclic N) is 1. The third-order valence-corrected chi connectivity index (χ3v) is 7.99. The zero-order valence-corrected chi connectivity index (χ0v) is 22.6. The molecule has 3 aromatic rings. The van der Waals surface area contributed by atoms with Crippen LogP contribution in [0.15, 0.2) is 47.5 Å². The fraction of sp³-hybridized carbons (Fsp3) is 0.464. The maximum Gasteiger partial charge on any atom is 0.251 e. The van der Waals surface area contributed by atoms with Crippen molar-refractivity contribution in [3.63, 3.8) is 0 Å². The number of benzene rings is 1. The summed E-state index contributed by atoms with van der Waals surface area (Å²) in [5.74, 6) is 2.97. The van der Waals surface area contributed by atoms with Crippen molar-refractivity contribution >= 4 is 25.2 Å². The Hall–Kier alpha value is -3.08. The van der Waals surface area contributed by atoms with Crippen LogP contribution in [0.3, 0.4) is 0 Å². The minimum absolute atomic E-state index is 0. The molecule has 3 fully saturated rings. The van der Waals surface area contributed by atoms with Gasteiger partial charge in [-0.2, -0.15) is 13.5 Å². The second-order valence-electron chi connectivity index (χ2n) is 10.7. The number of carbonyl (C=O) groups excluding carboxylic acids is 1. The average molecular weight is 538 g/mol. The van der Waals surface area contributed by atoms with Gasteiger partial charge in [-0.25, -0.2) is 9.97 Å². The van der Waals surface area contributed by atoms with Crippen LogP contribution in [0, 0.1) is 12.8 Å². The first kappa shape index (κ1) is 26.5. The number of anilines is 1. The number of hydrogen-bond acceptors (Lipinski definition) is 8. The van der Waals surface area contributed by atoms with E-state index in [2.05, 4.69) is 38.5 Å². The molecule has 0 radical (unpaired) electrons. The number of amides is 1. The number of fused-ring (bicyclic) bond motifs is 1. The molecule has 1 atom stereocenters. The Balaban J connectivity index is 0.00000294. The van der Waals surface area contributed by atoms with E-state index in [0.29, 0.717) is 24.5 Å². The fourth-order valence-corrected chi connectivity index (χ4v) is 5.87. The number of pyridine rings is 1. The minimum Gasteiger partial charge on any atom is -0.485 e. The van der Waals surface area contributed by atoms with Gasteiger partial charge in [-0.05, 0) is 73.4 Å². The maximum absolute atomic E-state index is 12.7. The Morgan fingerprint density at radius 1 is 1.32 bits per heavy atom. The SMILES string of the molecule is Cc1c(OCc2cnco2)ccc2c1CCN(C[C@@H](O)CNC(=O)c1ccnc(NC34CC(C3)C4)c1)C2.S. The van der Waals surface area contributed by atoms with Crippen molar-refractivity contribution in [2.24, 2.45) is 5.92 Å². The summed E-state index contributed by atoms with van der Waals surface area (Å²) >= 11 is 0. The lowest BCUT2D eigenvalue weighted by atomic mass is 9.50. The van der Waals surface area contributed by atoms with Gasteiger partial charge in [-0.3, -0.25) is 9.69 Å². The third kappa shape index (κ3) is 5.52. The van der Waals surface area contributed by atoms with Crippen LogP contribution in [-0.2, 0) is 19.6 Å². The highest BCUT2D eigenvalue weighted by Gasteiger charge is 2.56. The number of carbonyl (C=O) groups is 1. The number of oxazole rings is 1. The van der Waals surface area contributed by atoms with Crippen molar-refractivity contribution in [3.05, 3.63) is 71.1 Å². The van der Waals surface area contributed by atoms with E-state index in [-0.39, 0.29) is 31.5 Å². The summed E-state index contributed by atoms with van der Waals surface area (Å²) in [4.78, 5) is 23.2. The molecule has 3 aliphatic carbocycles. The molecule has 3 heterocycles. The van der Waals surface area contributed by atoms with Crippen LogP contribution in [0.4, 0.5) is 5.82 Å². The van der Waals surface area contributed by atoms with Gasteiger partial charge in [0.05, 0.1) is 12.3 Å². The number of rotatable bonds is 10. The topological polar surface area (TPSA) is 113 Å². The predicted molar refractivity (Wildman–Crippen MR) is 148 cm³/mol. The van der Waals surface area contributed by atoms with Crippen molar-refractivity contribution in [1.82, 2.24) is 20.2 Å². The van der Waals surface area contributed by atoms with Gasteiger partial charge in [0, 0.05) is 43.5 Å². The molecular formula is C28H35N5O4S. The van der Waals surface area contributed by atoms with Gasteiger partial charge in [0.2, 0.25) is 0 Å². The molecule has 0 spiro atoms. The smallest absolute Gasteiger partial charge is 0.251 e. The van der Waals surface area contributed by atoms with Crippen LogP contribution in [-0.4, -0.2) is 57.2 Å². The first-order chi connectivity index (χ1) is 18.0. The molecule has 2 aromatic heterocycles. The Kier molecular flexibility index (Phi) is 7.65. The second kappa shape index (κ2) is 11.0. The molecule has 3 N–H and O–H groups in total. The standard InChI is InChI=1S/C28H33N5O4.H2S/c1-18-24-5-7-33(14-21(24)2-3-25(18)36-16-23-13-29-17-37-23)15-22(34)12-31-27(35)20-4-6-30-26(8-20)32-28-9-19(10-28)11-28;/h2-4,6,8,13,17,19,22,34H,5,7,9-12,14-16H2,1H3,(H,30,32)(H,31,35);1H2/t19?,22-,28?;/m0./s1. The first-order valence-electron chi connectivity index (χ1n) is 13.0. The summed E-state index contributed by atoms with van der Waals surface area (Å²) in [6.07, 6.45) is 8.56. The highest BCUT2D eigenvalue weighted by molar-refractivity contribution is 7.59. The average Bonchev–Trinajstić information content (AvgIpc) is 3.37. The van der Waals surface area contributed by atoms with Gasteiger partial charge >= 0.3 is 0 Å². The molecule has 0 unspecified atom stereocenters. The first-order valence-corrected chi connectivity index (χ1v) is 13.0. The summed E-state index contributed by atoms with van der Waals surface area (Å²) < 4.78 is 11.2. The van der Waals surface area contributed by atoms with Crippen molar-refractivity contribution < 1.29 is 19.1 Å². The quantitative estimate of drug-likeness (QED) is 0.362. The molecule has 38 heavy (non-hydrogen) atoms. The highest BCUT2D eigenvalue weighted by Crippen LogP contribution is 2.58. The molecule has 9 nitrogen and oxygen atoms in total. The summed E-state index contributed by atoms with van der Waals surface area (Å²) in [5, 5.41) is 17.0. The number of nitrogens with one attached hydrogen (secondary N) is 2. The van der Waals surface area contributed by atoms with Gasteiger partial charge in [0.1, 0.15) is 18.2 Å². The van der Waals surface area contributed by atoms with E-state index in [1.807, 2.05) is 6.07 Å². The van der Waals surface area contributed by atoms with Gasteiger partial charge in [0.15, 0.2) is 12.2 Å². The van der Waals surface area contributed by atoms with Gasteiger partial charge in [-0.15, -0.1) is 0 Å². The van der Waals surface area contributed by atoms with Crippen LogP contribution >= 0.6 is 13.5 Å². The van der Waals surface area contributed by atoms with Crippen molar-refractivity contribution in [3.8, 4) is 5.75 Å². The van der Waals surface area contributed by atoms with Gasteiger partial charge < -0.3 is 24.9 Å². The Labute approximate surface area is 229 Å². The molecule has 202 valence electrons. The van der Waals surface area contributed by atoms with Crippen LogP contribution in [0.5, 0.6) is 5.75 Å². The van der Waals surface area contributed by atoms with E-state index in [9.17, 15) is 9.90 Å². The summed E-state index contributed by atoms with van der Waals surface area (Å²) in [7, 11) is 0. The third-order valence-electron chi connectivity index (χ3n) is 7.99. The van der Waals surface area contributed by atoms with Crippen LogP contribution in [0.1, 0.15) is 52.1 Å². The van der Waals surface area contributed by atoms with Crippen LogP contribution < -0.4 is 15.4 Å². The number of ether oxygens (including phenoxy) is 1. The lowest BCUT2D eigenvalue weighted by Crippen LogP contribution is -2.63. The summed E-state index contributed by atoms with van der Waals surface area (Å²) in [5.41, 5.74) is 4.45. The van der Waals surface area contributed by atoms with E-state index in [0.717, 1.165) is 42.6 Å². The molecule has 10 heteroatoms. The van der Waals surface area contributed by atoms with E-state index in [1.165, 1.54) is 36.8 Å². The molecule has 1 aliphatic heterocycles. The normalized spacial score (nSPS) is 22.2. The van der Waals surface area contributed by atoms with Crippen LogP contribution in [0.25, 0.3) is 0 Å². The molecular weight excluding hydrogens is 502 g/mol. The van der Waals surface area contributed by atoms with E-state index in [1.54, 1.807) is 24.5 Å². The molecule has 7 rings (SSSR count). The van der Waals surface area contributed by atoms with Gasteiger partial charge in [-0.1, -0.05) is 6.07 Å².